The van der Waals surface area contributed by atoms with E-state index in [1.807, 2.05) is 35.7 Å². The number of rotatable bonds is 3. The third-order valence-electron chi connectivity index (χ3n) is 3.60. The van der Waals surface area contributed by atoms with E-state index in [2.05, 4.69) is 11.4 Å². The van der Waals surface area contributed by atoms with Crippen molar-refractivity contribution in [1.82, 2.24) is 0 Å². The van der Waals surface area contributed by atoms with Gasteiger partial charge in [-0.2, -0.15) is 0 Å². The van der Waals surface area contributed by atoms with Gasteiger partial charge in [0.15, 0.2) is 0 Å². The molecular formula is C17H17NOS. The molecule has 0 saturated carbocycles. The second kappa shape index (κ2) is 6.06. The van der Waals surface area contributed by atoms with E-state index in [-0.39, 0.29) is 5.91 Å². The summed E-state index contributed by atoms with van der Waals surface area (Å²) in [6.45, 7) is 0. The summed E-state index contributed by atoms with van der Waals surface area (Å²) in [6, 6.07) is 10.2. The van der Waals surface area contributed by atoms with Gasteiger partial charge >= 0.3 is 0 Å². The van der Waals surface area contributed by atoms with Gasteiger partial charge < -0.3 is 5.32 Å². The molecule has 1 aliphatic carbocycles. The van der Waals surface area contributed by atoms with Crippen LogP contribution in [0.4, 0.5) is 5.69 Å². The zero-order chi connectivity index (χ0) is 13.8. The molecule has 0 bridgehead atoms. The van der Waals surface area contributed by atoms with Crippen molar-refractivity contribution in [2.45, 2.75) is 25.7 Å². The van der Waals surface area contributed by atoms with Crippen LogP contribution >= 0.6 is 11.3 Å². The largest absolute Gasteiger partial charge is 0.322 e. The number of fused-ring (bicyclic) bond motifs is 1. The Morgan fingerprint density at radius 1 is 1.15 bits per heavy atom. The fourth-order valence-corrected chi connectivity index (χ4v) is 3.23. The van der Waals surface area contributed by atoms with Gasteiger partial charge in [-0.05, 0) is 60.4 Å². The quantitative estimate of drug-likeness (QED) is 0.837. The molecule has 3 heteroatoms. The molecule has 102 valence electrons. The molecule has 0 unspecified atom stereocenters. The average molecular weight is 283 g/mol. The van der Waals surface area contributed by atoms with Gasteiger partial charge in [0.25, 0.3) is 0 Å². The average Bonchev–Trinajstić information content (AvgIpc) is 2.99. The number of carbonyl (C=O) groups is 1. The summed E-state index contributed by atoms with van der Waals surface area (Å²) in [6.07, 6.45) is 8.13. The lowest BCUT2D eigenvalue weighted by Gasteiger charge is -2.19. The van der Waals surface area contributed by atoms with Crippen LogP contribution in [0.15, 0.2) is 41.8 Å². The SMILES string of the molecule is O=C(/C=C/c1cccs1)Nc1cccc2c1CCCC2. The second-order valence-corrected chi connectivity index (χ2v) is 5.97. The summed E-state index contributed by atoms with van der Waals surface area (Å²) < 4.78 is 0. The summed E-state index contributed by atoms with van der Waals surface area (Å²) in [5, 5.41) is 5.02. The van der Waals surface area contributed by atoms with Gasteiger partial charge in [-0.25, -0.2) is 0 Å². The maximum atomic E-state index is 12.0. The number of aryl methyl sites for hydroxylation is 1. The molecule has 1 amide bonds. The van der Waals surface area contributed by atoms with Crippen LogP contribution < -0.4 is 5.32 Å². The van der Waals surface area contributed by atoms with Gasteiger partial charge in [0.2, 0.25) is 5.91 Å². The van der Waals surface area contributed by atoms with Gasteiger partial charge in [0.1, 0.15) is 0 Å². The number of anilines is 1. The second-order valence-electron chi connectivity index (χ2n) is 4.99. The maximum Gasteiger partial charge on any atom is 0.248 e. The number of thiophene rings is 1. The van der Waals surface area contributed by atoms with Gasteiger partial charge in [0, 0.05) is 16.6 Å². The molecule has 0 radical (unpaired) electrons. The van der Waals surface area contributed by atoms with Gasteiger partial charge in [-0.15, -0.1) is 11.3 Å². The zero-order valence-corrected chi connectivity index (χ0v) is 12.1. The number of hydrogen-bond acceptors (Lipinski definition) is 2. The van der Waals surface area contributed by atoms with Crippen molar-refractivity contribution in [2.75, 3.05) is 5.32 Å². The number of benzene rings is 1. The molecule has 1 aliphatic rings. The molecule has 1 N–H and O–H groups in total. The Kier molecular flexibility index (Phi) is 3.97. The van der Waals surface area contributed by atoms with E-state index < -0.39 is 0 Å². The zero-order valence-electron chi connectivity index (χ0n) is 11.3. The number of carbonyl (C=O) groups excluding carboxylic acids is 1. The van der Waals surface area contributed by atoms with Crippen molar-refractivity contribution in [3.63, 3.8) is 0 Å². The molecule has 1 heterocycles. The Balaban J connectivity index is 1.73. The predicted octanol–water partition coefficient (Wildman–Crippen LogP) is 4.28. The number of hydrogen-bond donors (Lipinski definition) is 1. The lowest BCUT2D eigenvalue weighted by molar-refractivity contribution is -0.111. The third kappa shape index (κ3) is 2.99. The Hall–Kier alpha value is -1.87. The summed E-state index contributed by atoms with van der Waals surface area (Å²) >= 11 is 1.63. The highest BCUT2D eigenvalue weighted by molar-refractivity contribution is 7.10. The van der Waals surface area contributed by atoms with Crippen molar-refractivity contribution >= 4 is 29.0 Å². The number of amides is 1. The summed E-state index contributed by atoms with van der Waals surface area (Å²) in [7, 11) is 0. The smallest absolute Gasteiger partial charge is 0.248 e. The van der Waals surface area contributed by atoms with E-state index >= 15 is 0 Å². The first-order valence-corrected chi connectivity index (χ1v) is 7.84. The maximum absolute atomic E-state index is 12.0. The molecular weight excluding hydrogens is 266 g/mol. The lowest BCUT2D eigenvalue weighted by Crippen LogP contribution is -2.12. The lowest BCUT2D eigenvalue weighted by atomic mass is 9.90. The summed E-state index contributed by atoms with van der Waals surface area (Å²) in [5.74, 6) is -0.0580. The molecule has 0 fully saturated rings. The van der Waals surface area contributed by atoms with Crippen LogP contribution in [0, 0.1) is 0 Å². The molecule has 0 spiro atoms. The molecule has 1 aromatic heterocycles. The van der Waals surface area contributed by atoms with E-state index in [1.165, 1.54) is 24.0 Å². The van der Waals surface area contributed by atoms with Crippen molar-refractivity contribution in [3.8, 4) is 0 Å². The molecule has 20 heavy (non-hydrogen) atoms. The van der Waals surface area contributed by atoms with E-state index in [9.17, 15) is 4.79 Å². The molecule has 2 nitrogen and oxygen atoms in total. The Labute approximate surface area is 123 Å². The molecule has 0 atom stereocenters. The van der Waals surface area contributed by atoms with Crippen LogP contribution in [0.1, 0.15) is 28.8 Å². The molecule has 3 rings (SSSR count). The molecule has 0 saturated heterocycles. The topological polar surface area (TPSA) is 29.1 Å². The van der Waals surface area contributed by atoms with E-state index in [4.69, 9.17) is 0 Å². The monoisotopic (exact) mass is 283 g/mol. The molecule has 1 aromatic carbocycles. The highest BCUT2D eigenvalue weighted by Crippen LogP contribution is 2.27. The fraction of sp³-hybridized carbons (Fsp3) is 0.235. The first-order valence-electron chi connectivity index (χ1n) is 6.96. The van der Waals surface area contributed by atoms with E-state index in [1.54, 1.807) is 17.4 Å². The van der Waals surface area contributed by atoms with Crippen molar-refractivity contribution in [2.24, 2.45) is 0 Å². The minimum Gasteiger partial charge on any atom is -0.322 e. The van der Waals surface area contributed by atoms with Gasteiger partial charge in [-0.1, -0.05) is 18.2 Å². The van der Waals surface area contributed by atoms with Crippen LogP contribution in [-0.2, 0) is 17.6 Å². The number of nitrogens with one attached hydrogen (secondary N) is 1. The van der Waals surface area contributed by atoms with Crippen LogP contribution in [0.25, 0.3) is 6.08 Å². The Morgan fingerprint density at radius 2 is 2.05 bits per heavy atom. The molecule has 2 aromatic rings. The Bertz CT molecular complexity index is 628. The van der Waals surface area contributed by atoms with E-state index in [0.717, 1.165) is 23.4 Å². The summed E-state index contributed by atoms with van der Waals surface area (Å²) in [4.78, 5) is 13.1. The predicted molar refractivity (Wildman–Crippen MR) is 85.1 cm³/mol. The summed E-state index contributed by atoms with van der Waals surface area (Å²) in [5.41, 5.74) is 3.68. The standard InChI is InChI=1S/C17H17NOS/c19-17(11-10-14-7-4-12-20-14)18-16-9-3-6-13-5-1-2-8-15(13)16/h3-4,6-7,9-12H,1-2,5,8H2,(H,18,19)/b11-10+. The van der Waals surface area contributed by atoms with E-state index in [0.29, 0.717) is 0 Å². The van der Waals surface area contributed by atoms with Crippen LogP contribution in [0.5, 0.6) is 0 Å². The molecule has 0 aliphatic heterocycles. The normalized spacial score (nSPS) is 14.2. The van der Waals surface area contributed by atoms with Crippen LogP contribution in [-0.4, -0.2) is 5.91 Å². The first-order chi connectivity index (χ1) is 9.83. The van der Waals surface area contributed by atoms with Crippen LogP contribution in [0.2, 0.25) is 0 Å². The highest BCUT2D eigenvalue weighted by atomic mass is 32.1. The minimum atomic E-state index is -0.0580. The van der Waals surface area contributed by atoms with Crippen molar-refractivity contribution in [1.29, 1.82) is 0 Å². The van der Waals surface area contributed by atoms with Crippen molar-refractivity contribution in [3.05, 3.63) is 57.8 Å². The van der Waals surface area contributed by atoms with Crippen molar-refractivity contribution < 1.29 is 4.79 Å². The third-order valence-corrected chi connectivity index (χ3v) is 4.43. The fourth-order valence-electron chi connectivity index (χ4n) is 2.62. The Morgan fingerprint density at radius 3 is 2.90 bits per heavy atom. The first kappa shape index (κ1) is 13.1. The van der Waals surface area contributed by atoms with Gasteiger partial charge in [-0.3, -0.25) is 4.79 Å². The minimum absolute atomic E-state index is 0.0580. The van der Waals surface area contributed by atoms with Crippen LogP contribution in [0.3, 0.4) is 0 Å². The highest BCUT2D eigenvalue weighted by Gasteiger charge is 2.13. The van der Waals surface area contributed by atoms with Gasteiger partial charge in [0.05, 0.1) is 0 Å².